The van der Waals surface area contributed by atoms with Gasteiger partial charge in [-0.15, -0.1) is 0 Å². The van der Waals surface area contributed by atoms with Gasteiger partial charge in [-0.3, -0.25) is 10.8 Å². The zero-order valence-electron chi connectivity index (χ0n) is 13.0. The van der Waals surface area contributed by atoms with Gasteiger partial charge in [0.05, 0.1) is 6.61 Å². The van der Waals surface area contributed by atoms with Gasteiger partial charge >= 0.3 is 12.2 Å². The number of anilines is 1. The van der Waals surface area contributed by atoms with E-state index in [4.69, 9.17) is 27.0 Å². The van der Waals surface area contributed by atoms with Crippen LogP contribution in [-0.4, -0.2) is 53.5 Å². The van der Waals surface area contributed by atoms with Crippen molar-refractivity contribution in [2.24, 2.45) is 16.5 Å². The number of alkyl halides is 3. The number of rotatable bonds is 7. The summed E-state index contributed by atoms with van der Waals surface area (Å²) in [4.78, 5) is 10.9. The maximum absolute atomic E-state index is 12.0. The van der Waals surface area contributed by atoms with Crippen LogP contribution in [0.4, 0.5) is 19.0 Å². The molecule has 0 amide bonds. The summed E-state index contributed by atoms with van der Waals surface area (Å²) in [5, 5.41) is 19.3. The zero-order chi connectivity index (χ0) is 18.9. The number of nitrogens with two attached hydrogens (primary N) is 2. The molecule has 25 heavy (non-hydrogen) atoms. The molecule has 10 nitrogen and oxygen atoms in total. The first-order valence-electron chi connectivity index (χ1n) is 6.94. The number of halogens is 3. The van der Waals surface area contributed by atoms with Crippen LogP contribution in [0, 0.1) is 10.8 Å². The number of ether oxygens (including phenoxy) is 1. The van der Waals surface area contributed by atoms with Crippen LogP contribution >= 0.6 is 0 Å². The van der Waals surface area contributed by atoms with E-state index in [1.54, 1.807) is 0 Å². The van der Waals surface area contributed by atoms with Crippen LogP contribution in [-0.2, 0) is 0 Å². The lowest BCUT2D eigenvalue weighted by molar-refractivity contribution is -0.118. The molecule has 1 aromatic rings. The number of aromatic nitrogens is 2. The quantitative estimate of drug-likeness (QED) is 0.226. The van der Waals surface area contributed by atoms with Crippen LogP contribution in [0.15, 0.2) is 17.3 Å². The molecule has 0 saturated heterocycles. The summed E-state index contributed by atoms with van der Waals surface area (Å²) in [7, 11) is 0. The Morgan fingerprint density at radius 3 is 2.68 bits per heavy atom. The second-order valence-electron chi connectivity index (χ2n) is 4.58. The molecule has 1 aromatic heterocycles. The molecule has 0 bridgehead atoms. The molecule has 0 aliphatic rings. The predicted molar refractivity (Wildman–Crippen MR) is 86.0 cm³/mol. The lowest BCUT2D eigenvalue weighted by atomic mass is 10.4. The van der Waals surface area contributed by atoms with Crippen molar-refractivity contribution in [3.8, 4) is 6.01 Å². The molecule has 13 heteroatoms. The Kier molecular flexibility index (Phi) is 7.37. The average molecular weight is 361 g/mol. The Morgan fingerprint density at radius 2 is 2.04 bits per heavy atom. The first-order chi connectivity index (χ1) is 11.7. The normalized spacial score (nSPS) is 11.7. The summed E-state index contributed by atoms with van der Waals surface area (Å²) in [6.45, 7) is -0.838. The topological polar surface area (TPSA) is 171 Å². The van der Waals surface area contributed by atoms with Gasteiger partial charge in [0.1, 0.15) is 12.4 Å². The van der Waals surface area contributed by atoms with Gasteiger partial charge in [-0.25, -0.2) is 9.98 Å². The highest BCUT2D eigenvalue weighted by Crippen LogP contribution is 2.14. The third-order valence-corrected chi connectivity index (χ3v) is 2.44. The fourth-order valence-electron chi connectivity index (χ4n) is 1.37. The van der Waals surface area contributed by atoms with Crippen molar-refractivity contribution in [2.75, 3.05) is 25.0 Å². The molecule has 0 aliphatic heterocycles. The lowest BCUT2D eigenvalue weighted by Gasteiger charge is -2.09. The Labute approximate surface area is 140 Å². The highest BCUT2D eigenvalue weighted by Gasteiger charge is 2.26. The van der Waals surface area contributed by atoms with E-state index in [9.17, 15) is 13.2 Å². The van der Waals surface area contributed by atoms with Gasteiger partial charge in [-0.1, -0.05) is 0 Å². The van der Waals surface area contributed by atoms with Crippen LogP contribution in [0.1, 0.15) is 6.42 Å². The maximum Gasteiger partial charge on any atom is 0.408 e. The smallest absolute Gasteiger partial charge is 0.408 e. The number of amidine groups is 2. The summed E-state index contributed by atoms with van der Waals surface area (Å²) in [5.74, 6) is -0.859. The van der Waals surface area contributed by atoms with E-state index in [0.717, 1.165) is 0 Å². The van der Waals surface area contributed by atoms with Gasteiger partial charge < -0.3 is 26.8 Å². The molecule has 0 saturated carbocycles. The standard InChI is InChI=1S/C12H18F3N9O/c13-12(14,15)6-22-10(19)23-7-2-4-21-11(24-7)25-5-1-3-20-9(18)8(16)17/h2,4H,1,3,5-6H2,(H3,16,17)(H2,18,20)(H3,19,21,22,23,24). The van der Waals surface area contributed by atoms with Crippen LogP contribution in [0.3, 0.4) is 0 Å². The van der Waals surface area contributed by atoms with Gasteiger partial charge in [0.25, 0.3) is 0 Å². The zero-order valence-corrected chi connectivity index (χ0v) is 13.0. The largest absolute Gasteiger partial charge is 0.463 e. The van der Waals surface area contributed by atoms with Gasteiger partial charge in [0.2, 0.25) is 0 Å². The van der Waals surface area contributed by atoms with Gasteiger partial charge in [-0.05, 0) is 12.5 Å². The monoisotopic (exact) mass is 361 g/mol. The number of hydrogen-bond acceptors (Lipinski definition) is 6. The Balaban J connectivity index is 2.42. The first kappa shape index (κ1) is 19.9. The summed E-state index contributed by atoms with van der Waals surface area (Å²) >= 11 is 0. The second-order valence-corrected chi connectivity index (χ2v) is 4.58. The van der Waals surface area contributed by atoms with E-state index >= 15 is 0 Å². The van der Waals surface area contributed by atoms with Crippen molar-refractivity contribution in [3.05, 3.63) is 12.3 Å². The number of aliphatic imine (C=N–C) groups is 1. The number of hydrogen-bond donors (Lipinski definition) is 6. The van der Waals surface area contributed by atoms with E-state index in [1.165, 1.54) is 12.3 Å². The molecule has 0 spiro atoms. The fraction of sp³-hybridized carbons (Fsp3) is 0.417. The van der Waals surface area contributed by atoms with Crippen molar-refractivity contribution < 1.29 is 17.9 Å². The predicted octanol–water partition coefficient (Wildman–Crippen LogP) is 0.0372. The Bertz CT molecular complexity index is 633. The first-order valence-corrected chi connectivity index (χ1v) is 6.94. The summed E-state index contributed by atoms with van der Waals surface area (Å²) in [6, 6.07) is 1.38. The third kappa shape index (κ3) is 8.92. The molecular weight excluding hydrogens is 343 g/mol. The third-order valence-electron chi connectivity index (χ3n) is 2.44. The number of guanidine groups is 1. The molecule has 0 aromatic carbocycles. The highest BCUT2D eigenvalue weighted by molar-refractivity contribution is 6.37. The van der Waals surface area contributed by atoms with E-state index in [0.29, 0.717) is 13.0 Å². The van der Waals surface area contributed by atoms with Crippen LogP contribution < -0.4 is 26.8 Å². The van der Waals surface area contributed by atoms with E-state index in [-0.39, 0.29) is 30.1 Å². The van der Waals surface area contributed by atoms with E-state index in [2.05, 4.69) is 25.6 Å². The minimum absolute atomic E-state index is 0.00438. The van der Waals surface area contributed by atoms with Crippen molar-refractivity contribution in [1.82, 2.24) is 15.3 Å². The van der Waals surface area contributed by atoms with Crippen molar-refractivity contribution in [3.63, 3.8) is 0 Å². The molecule has 0 fully saturated rings. The number of nitrogens with zero attached hydrogens (tertiary/aromatic N) is 3. The number of nitrogens with one attached hydrogen (secondary N) is 4. The Hall–Kier alpha value is -3.12. The van der Waals surface area contributed by atoms with E-state index < -0.39 is 18.7 Å². The molecule has 1 rings (SSSR count). The van der Waals surface area contributed by atoms with Crippen molar-refractivity contribution >= 4 is 23.4 Å². The molecule has 138 valence electrons. The minimum Gasteiger partial charge on any atom is -0.463 e. The van der Waals surface area contributed by atoms with Crippen LogP contribution in [0.5, 0.6) is 6.01 Å². The molecule has 0 aliphatic carbocycles. The summed E-state index contributed by atoms with van der Waals surface area (Å²) in [6.07, 6.45) is -2.63. The second kappa shape index (κ2) is 9.24. The average Bonchev–Trinajstić information content (AvgIpc) is 2.52. The molecule has 0 unspecified atom stereocenters. The SMILES string of the molecule is N=C(N)C(=N)NCCCOc1nccc(N/C(N)=N\CC(F)(F)F)n1. The molecule has 8 N–H and O–H groups in total. The molecule has 0 atom stereocenters. The molecule has 0 radical (unpaired) electrons. The van der Waals surface area contributed by atoms with Crippen molar-refractivity contribution in [2.45, 2.75) is 12.6 Å². The van der Waals surface area contributed by atoms with Crippen molar-refractivity contribution in [1.29, 1.82) is 10.8 Å². The van der Waals surface area contributed by atoms with Gasteiger partial charge in [0.15, 0.2) is 17.6 Å². The summed E-state index contributed by atoms with van der Waals surface area (Å²) in [5.41, 5.74) is 10.4. The summed E-state index contributed by atoms with van der Waals surface area (Å²) < 4.78 is 41.4. The van der Waals surface area contributed by atoms with Gasteiger partial charge in [0, 0.05) is 12.7 Å². The molecule has 1 heterocycles. The maximum atomic E-state index is 12.0. The van der Waals surface area contributed by atoms with Crippen LogP contribution in [0.2, 0.25) is 0 Å². The fourth-order valence-corrected chi connectivity index (χ4v) is 1.37. The minimum atomic E-state index is -4.45. The highest BCUT2D eigenvalue weighted by atomic mass is 19.4. The molecular formula is C12H18F3N9O. The van der Waals surface area contributed by atoms with Crippen LogP contribution in [0.25, 0.3) is 0 Å². The Morgan fingerprint density at radius 1 is 1.32 bits per heavy atom. The van der Waals surface area contributed by atoms with Gasteiger partial charge in [-0.2, -0.15) is 18.2 Å². The lowest BCUT2D eigenvalue weighted by Crippen LogP contribution is -2.35. The van der Waals surface area contributed by atoms with E-state index in [1.807, 2.05) is 0 Å².